The fourth-order valence-corrected chi connectivity index (χ4v) is 3.97. The summed E-state index contributed by atoms with van der Waals surface area (Å²) in [5, 5.41) is 4.73. The van der Waals surface area contributed by atoms with Crippen LogP contribution in [0.25, 0.3) is 0 Å². The lowest BCUT2D eigenvalue weighted by Crippen LogP contribution is -2.00. The van der Waals surface area contributed by atoms with Crippen molar-refractivity contribution in [2.24, 2.45) is 4.99 Å². The zero-order valence-corrected chi connectivity index (χ0v) is 16.7. The lowest BCUT2D eigenvalue weighted by Gasteiger charge is -2.09. The summed E-state index contributed by atoms with van der Waals surface area (Å²) >= 11 is 5.91. The quantitative estimate of drug-likeness (QED) is 0.515. The summed E-state index contributed by atoms with van der Waals surface area (Å²) in [4.78, 5) is 9.80. The van der Waals surface area contributed by atoms with Crippen molar-refractivity contribution in [3.8, 4) is 11.5 Å². The van der Waals surface area contributed by atoms with E-state index in [1.165, 1.54) is 20.7 Å². The molecule has 0 saturated carbocycles. The van der Waals surface area contributed by atoms with Gasteiger partial charge in [0.15, 0.2) is 5.13 Å². The molecule has 5 nitrogen and oxygen atoms in total. The SMILES string of the molecule is CCOc1ccc(N=c2nc(Nc3ccc(Cl)cc3)ss2)c(OCC)c1. The Morgan fingerprint density at radius 2 is 1.81 bits per heavy atom. The van der Waals surface area contributed by atoms with E-state index in [0.717, 1.165) is 22.3 Å². The van der Waals surface area contributed by atoms with Crippen molar-refractivity contribution >= 4 is 48.8 Å². The number of nitrogens with one attached hydrogen (secondary N) is 1. The molecule has 0 unspecified atom stereocenters. The molecule has 0 aliphatic carbocycles. The zero-order chi connectivity index (χ0) is 18.4. The van der Waals surface area contributed by atoms with E-state index in [9.17, 15) is 0 Å². The molecule has 0 aliphatic heterocycles. The van der Waals surface area contributed by atoms with Crippen LogP contribution in [0.5, 0.6) is 11.5 Å². The highest BCUT2D eigenvalue weighted by molar-refractivity contribution is 7.69. The lowest BCUT2D eigenvalue weighted by molar-refractivity contribution is 0.324. The van der Waals surface area contributed by atoms with E-state index in [-0.39, 0.29) is 0 Å². The second-order valence-corrected chi connectivity index (χ2v) is 7.63. The Balaban J connectivity index is 1.83. The smallest absolute Gasteiger partial charge is 0.222 e. The van der Waals surface area contributed by atoms with Gasteiger partial charge < -0.3 is 14.8 Å². The first kappa shape index (κ1) is 18.7. The third kappa shape index (κ3) is 4.97. The molecule has 3 rings (SSSR count). The largest absolute Gasteiger partial charge is 0.494 e. The number of benzene rings is 2. The minimum atomic E-state index is 0.558. The molecule has 2 aromatic carbocycles. The maximum absolute atomic E-state index is 5.91. The predicted molar refractivity (Wildman–Crippen MR) is 109 cm³/mol. The van der Waals surface area contributed by atoms with Gasteiger partial charge in [-0.2, -0.15) is 4.98 Å². The van der Waals surface area contributed by atoms with E-state index >= 15 is 0 Å². The molecule has 1 aromatic heterocycles. The van der Waals surface area contributed by atoms with E-state index < -0.39 is 0 Å². The van der Waals surface area contributed by atoms with Gasteiger partial charge in [0.05, 0.1) is 13.2 Å². The minimum absolute atomic E-state index is 0.558. The van der Waals surface area contributed by atoms with Gasteiger partial charge in [-0.05, 0) is 70.9 Å². The Morgan fingerprint density at radius 3 is 2.54 bits per heavy atom. The van der Waals surface area contributed by atoms with E-state index in [4.69, 9.17) is 21.1 Å². The van der Waals surface area contributed by atoms with Gasteiger partial charge >= 0.3 is 0 Å². The third-order valence-electron chi connectivity index (χ3n) is 3.25. The average Bonchev–Trinajstić information content (AvgIpc) is 3.07. The number of ether oxygens (including phenoxy) is 2. The second kappa shape index (κ2) is 9.02. The second-order valence-electron chi connectivity index (χ2n) is 5.11. The predicted octanol–water partition coefficient (Wildman–Crippen LogP) is 5.63. The molecule has 26 heavy (non-hydrogen) atoms. The van der Waals surface area contributed by atoms with Crippen molar-refractivity contribution in [1.29, 1.82) is 0 Å². The number of hydrogen-bond acceptors (Lipinski definition) is 7. The van der Waals surface area contributed by atoms with Crippen LogP contribution in [-0.2, 0) is 0 Å². The number of anilines is 2. The molecule has 0 bridgehead atoms. The molecule has 0 radical (unpaired) electrons. The van der Waals surface area contributed by atoms with Crippen LogP contribution in [-0.4, -0.2) is 18.2 Å². The van der Waals surface area contributed by atoms with Crippen LogP contribution in [0, 0.1) is 0 Å². The molecule has 0 aliphatic rings. The summed E-state index contributed by atoms with van der Waals surface area (Å²) in [7, 11) is 3.02. The van der Waals surface area contributed by atoms with Gasteiger partial charge in [0.25, 0.3) is 0 Å². The van der Waals surface area contributed by atoms with E-state index in [2.05, 4.69) is 15.3 Å². The van der Waals surface area contributed by atoms with Gasteiger partial charge in [0.2, 0.25) is 4.80 Å². The Hall–Kier alpha value is -2.09. The molecule has 8 heteroatoms. The molecule has 1 N–H and O–H groups in total. The van der Waals surface area contributed by atoms with E-state index in [1.54, 1.807) is 0 Å². The van der Waals surface area contributed by atoms with Crippen LogP contribution in [0.3, 0.4) is 0 Å². The molecule has 0 spiro atoms. The van der Waals surface area contributed by atoms with Gasteiger partial charge in [0, 0.05) is 16.8 Å². The number of halogens is 1. The highest BCUT2D eigenvalue weighted by Gasteiger charge is 2.06. The van der Waals surface area contributed by atoms with Gasteiger partial charge in [-0.15, -0.1) is 0 Å². The van der Waals surface area contributed by atoms with Gasteiger partial charge in [-0.3, -0.25) is 0 Å². The van der Waals surface area contributed by atoms with Crippen molar-refractivity contribution in [2.75, 3.05) is 18.5 Å². The van der Waals surface area contributed by atoms with E-state index in [0.29, 0.717) is 28.8 Å². The summed E-state index contributed by atoms with van der Waals surface area (Å²) in [6.07, 6.45) is 0. The summed E-state index contributed by atoms with van der Waals surface area (Å²) in [6.45, 7) is 5.06. The van der Waals surface area contributed by atoms with Gasteiger partial charge in [0.1, 0.15) is 17.2 Å². The zero-order valence-electron chi connectivity index (χ0n) is 14.4. The molecular formula is C18H18ClN3O2S2. The monoisotopic (exact) mass is 407 g/mol. The fraction of sp³-hybridized carbons (Fsp3) is 0.222. The summed E-state index contributed by atoms with van der Waals surface area (Å²) in [5.74, 6) is 1.45. The number of nitrogens with zero attached hydrogens (tertiary/aromatic N) is 2. The van der Waals surface area contributed by atoms with Crippen molar-refractivity contribution in [3.63, 3.8) is 0 Å². The molecule has 3 aromatic rings. The van der Waals surface area contributed by atoms with Crippen LogP contribution in [0.15, 0.2) is 47.5 Å². The summed E-state index contributed by atoms with van der Waals surface area (Å²) < 4.78 is 11.2. The minimum Gasteiger partial charge on any atom is -0.494 e. The topological polar surface area (TPSA) is 55.7 Å². The Morgan fingerprint density at radius 1 is 1.04 bits per heavy atom. The summed E-state index contributed by atoms with van der Waals surface area (Å²) in [6, 6.07) is 13.1. The fourth-order valence-electron chi connectivity index (χ4n) is 2.17. The van der Waals surface area contributed by atoms with Crippen molar-refractivity contribution in [2.45, 2.75) is 13.8 Å². The Kier molecular flexibility index (Phi) is 6.49. The molecular weight excluding hydrogens is 390 g/mol. The van der Waals surface area contributed by atoms with Crippen molar-refractivity contribution in [1.82, 2.24) is 4.98 Å². The van der Waals surface area contributed by atoms with Gasteiger partial charge in [-0.1, -0.05) is 11.6 Å². The van der Waals surface area contributed by atoms with Crippen LogP contribution in [0.4, 0.5) is 16.5 Å². The average molecular weight is 408 g/mol. The molecule has 0 atom stereocenters. The Labute approximate surface area is 164 Å². The third-order valence-corrected chi connectivity index (χ3v) is 5.44. The first-order valence-electron chi connectivity index (χ1n) is 8.12. The summed E-state index contributed by atoms with van der Waals surface area (Å²) in [5.41, 5.74) is 1.66. The van der Waals surface area contributed by atoms with E-state index in [1.807, 2.05) is 56.3 Å². The van der Waals surface area contributed by atoms with Crippen LogP contribution in [0.1, 0.15) is 13.8 Å². The van der Waals surface area contributed by atoms with Crippen LogP contribution in [0.2, 0.25) is 5.02 Å². The standard InChI is InChI=1S/C18H18ClN3O2S2/c1-3-23-14-9-10-15(16(11-14)24-4-2)21-18-22-17(25-26-18)20-13-7-5-12(19)6-8-13/h5-11H,3-4H2,1-2H3,(H,20,21,22). The molecule has 0 fully saturated rings. The number of hydrogen-bond donors (Lipinski definition) is 1. The lowest BCUT2D eigenvalue weighted by atomic mass is 10.3. The van der Waals surface area contributed by atoms with Crippen molar-refractivity contribution in [3.05, 3.63) is 52.3 Å². The molecule has 1 heterocycles. The normalized spacial score (nSPS) is 11.4. The highest BCUT2D eigenvalue weighted by atomic mass is 35.5. The molecule has 136 valence electrons. The first-order chi connectivity index (χ1) is 12.7. The maximum Gasteiger partial charge on any atom is 0.222 e. The van der Waals surface area contributed by atoms with Crippen molar-refractivity contribution < 1.29 is 9.47 Å². The Bertz CT molecular complexity index is 923. The first-order valence-corrected chi connectivity index (χ1v) is 10.6. The molecule has 0 amide bonds. The maximum atomic E-state index is 5.91. The number of rotatable bonds is 7. The molecule has 0 saturated heterocycles. The number of aromatic nitrogens is 1. The van der Waals surface area contributed by atoms with Crippen LogP contribution >= 0.6 is 32.3 Å². The highest BCUT2D eigenvalue weighted by Crippen LogP contribution is 2.32. The van der Waals surface area contributed by atoms with Crippen LogP contribution < -0.4 is 19.6 Å². The van der Waals surface area contributed by atoms with Gasteiger partial charge in [-0.25, -0.2) is 4.99 Å².